The predicted octanol–water partition coefficient (Wildman–Crippen LogP) is 7.98. The lowest BCUT2D eigenvalue weighted by molar-refractivity contribution is -0.305. The molecule has 0 spiro atoms. The van der Waals surface area contributed by atoms with Gasteiger partial charge in [0.25, 0.3) is 6.17 Å². The zero-order valence-electron chi connectivity index (χ0n) is 18.6. The monoisotopic (exact) mass is 486 g/mol. The van der Waals surface area contributed by atoms with Crippen molar-refractivity contribution in [1.29, 1.82) is 0 Å². The molecular weight excluding hydrogens is 461 g/mol. The van der Waals surface area contributed by atoms with Crippen LogP contribution in [0.2, 0.25) is 0 Å². The summed E-state index contributed by atoms with van der Waals surface area (Å²) in [6.07, 6.45) is -10.6. The molecule has 0 aromatic heterocycles. The summed E-state index contributed by atoms with van der Waals surface area (Å²) in [5, 5.41) is 0. The van der Waals surface area contributed by atoms with Crippen molar-refractivity contribution < 1.29 is 35.5 Å². The van der Waals surface area contributed by atoms with Crippen LogP contribution in [0.25, 0.3) is 0 Å². The Hall–Kier alpha value is -2.69. The second-order valence-electron chi connectivity index (χ2n) is 8.52. The maximum atomic E-state index is 14.3. The molecule has 2 aromatic rings. The van der Waals surface area contributed by atoms with Crippen molar-refractivity contribution in [2.75, 3.05) is 0 Å². The van der Waals surface area contributed by atoms with Crippen molar-refractivity contribution >= 4 is 0 Å². The maximum Gasteiger partial charge on any atom is 0.439 e. The van der Waals surface area contributed by atoms with Gasteiger partial charge in [-0.25, -0.2) is 8.78 Å². The van der Waals surface area contributed by atoms with E-state index in [1.54, 1.807) is 0 Å². The molecule has 1 atom stereocenters. The zero-order chi connectivity index (χ0) is 24.9. The smallest absolute Gasteiger partial charge is 0.427 e. The summed E-state index contributed by atoms with van der Waals surface area (Å²) in [6, 6.07) is 11.2. The van der Waals surface area contributed by atoms with Gasteiger partial charge in [0.15, 0.2) is 11.6 Å². The van der Waals surface area contributed by atoms with Gasteiger partial charge in [-0.15, -0.1) is 0 Å². The molecule has 1 aliphatic carbocycles. The Morgan fingerprint density at radius 2 is 1.62 bits per heavy atom. The van der Waals surface area contributed by atoms with E-state index in [9.17, 15) is 30.7 Å². The highest BCUT2D eigenvalue weighted by Crippen LogP contribution is 2.39. The lowest BCUT2D eigenvalue weighted by Crippen LogP contribution is -2.45. The van der Waals surface area contributed by atoms with E-state index >= 15 is 0 Å². The quantitative estimate of drug-likeness (QED) is 0.297. The van der Waals surface area contributed by atoms with Crippen molar-refractivity contribution in [2.24, 2.45) is 5.92 Å². The van der Waals surface area contributed by atoms with E-state index in [0.29, 0.717) is 18.4 Å². The molecule has 0 saturated heterocycles. The topological polar surface area (TPSA) is 9.23 Å². The average Bonchev–Trinajstić information content (AvgIpc) is 2.79. The van der Waals surface area contributed by atoms with E-state index in [0.717, 1.165) is 43.4 Å². The normalized spacial score (nSPS) is 19.8. The van der Waals surface area contributed by atoms with Crippen molar-refractivity contribution in [3.8, 4) is 17.6 Å². The van der Waals surface area contributed by atoms with Crippen molar-refractivity contribution in [2.45, 2.75) is 69.8 Å². The van der Waals surface area contributed by atoms with E-state index in [2.05, 4.69) is 35.6 Å². The van der Waals surface area contributed by atoms with Crippen LogP contribution in [0.3, 0.4) is 0 Å². The van der Waals surface area contributed by atoms with Crippen LogP contribution in [-0.4, -0.2) is 18.5 Å². The van der Waals surface area contributed by atoms with Crippen molar-refractivity contribution in [1.82, 2.24) is 0 Å². The molecule has 3 rings (SSSR count). The Morgan fingerprint density at radius 3 is 2.18 bits per heavy atom. The molecule has 0 aliphatic heterocycles. The molecule has 0 heterocycles. The van der Waals surface area contributed by atoms with Gasteiger partial charge in [0.2, 0.25) is 0 Å². The largest absolute Gasteiger partial charge is 0.439 e. The fraction of sp³-hybridized carbons (Fsp3) is 0.462. The van der Waals surface area contributed by atoms with Crippen molar-refractivity contribution in [3.05, 3.63) is 65.0 Å². The summed E-state index contributed by atoms with van der Waals surface area (Å²) < 4.78 is 94.6. The number of rotatable bonds is 6. The Balaban J connectivity index is 1.58. The summed E-state index contributed by atoms with van der Waals surface area (Å²) in [7, 11) is 0. The first-order chi connectivity index (χ1) is 16.0. The van der Waals surface area contributed by atoms with E-state index in [4.69, 9.17) is 0 Å². The van der Waals surface area contributed by atoms with Gasteiger partial charge >= 0.3 is 12.3 Å². The van der Waals surface area contributed by atoms with Gasteiger partial charge in [0.1, 0.15) is 0 Å². The van der Waals surface area contributed by atoms with Gasteiger partial charge < -0.3 is 4.74 Å². The Bertz CT molecular complexity index is 1010. The molecular formula is C26H25F7O. The molecule has 184 valence electrons. The minimum Gasteiger partial charge on any atom is -0.427 e. The van der Waals surface area contributed by atoms with Crippen LogP contribution in [0.4, 0.5) is 30.7 Å². The lowest BCUT2D eigenvalue weighted by atomic mass is 9.79. The Labute approximate surface area is 194 Å². The van der Waals surface area contributed by atoms with E-state index in [1.807, 2.05) is 12.1 Å². The van der Waals surface area contributed by atoms with Gasteiger partial charge in [-0.3, -0.25) is 0 Å². The highest BCUT2D eigenvalue weighted by Gasteiger charge is 2.59. The standard InChI is InChI=1S/C26H25F7O/c1-2-3-17-4-6-18(7-5-17)8-9-19-10-12-20(13-11-19)21-14-15-23(22(27)16-21)34-26(32,33)24(28)25(29,30)31/h4-7,14-16,19-20,24H,2-3,10-13H2,1H3. The molecule has 1 unspecified atom stereocenters. The molecule has 34 heavy (non-hydrogen) atoms. The van der Waals surface area contributed by atoms with Crippen molar-refractivity contribution in [3.63, 3.8) is 0 Å². The SMILES string of the molecule is CCCc1ccc(C#CC2CCC(c3ccc(OC(F)(F)C(F)C(F)(F)F)c(F)c3)CC2)cc1. The number of alkyl halides is 6. The Kier molecular flexibility index (Phi) is 8.17. The summed E-state index contributed by atoms with van der Waals surface area (Å²) in [4.78, 5) is 0. The zero-order valence-corrected chi connectivity index (χ0v) is 18.6. The second kappa shape index (κ2) is 10.7. The van der Waals surface area contributed by atoms with Crippen LogP contribution in [0, 0.1) is 23.6 Å². The number of aryl methyl sites for hydroxylation is 1. The number of halogens is 7. The van der Waals surface area contributed by atoms with Crippen LogP contribution in [-0.2, 0) is 6.42 Å². The first-order valence-electron chi connectivity index (χ1n) is 11.2. The van der Waals surface area contributed by atoms with Gasteiger partial charge in [-0.1, -0.05) is 43.4 Å². The molecule has 1 nitrogen and oxygen atoms in total. The van der Waals surface area contributed by atoms with E-state index in [-0.39, 0.29) is 11.8 Å². The van der Waals surface area contributed by atoms with Crippen LogP contribution < -0.4 is 4.74 Å². The second-order valence-corrected chi connectivity index (χ2v) is 8.52. The number of ether oxygens (including phenoxy) is 1. The van der Waals surface area contributed by atoms with Gasteiger partial charge in [-0.2, -0.15) is 22.0 Å². The van der Waals surface area contributed by atoms with Crippen LogP contribution in [0.1, 0.15) is 61.6 Å². The van der Waals surface area contributed by atoms with Crippen LogP contribution in [0.15, 0.2) is 42.5 Å². The minimum absolute atomic E-state index is 0.0421. The fourth-order valence-corrected chi connectivity index (χ4v) is 4.04. The Morgan fingerprint density at radius 1 is 0.971 bits per heavy atom. The molecule has 1 fully saturated rings. The van der Waals surface area contributed by atoms with E-state index < -0.39 is 30.0 Å². The van der Waals surface area contributed by atoms with Crippen LogP contribution in [0.5, 0.6) is 5.75 Å². The summed E-state index contributed by atoms with van der Waals surface area (Å²) in [6.45, 7) is 2.12. The lowest BCUT2D eigenvalue weighted by Gasteiger charge is -2.27. The van der Waals surface area contributed by atoms with Gasteiger partial charge in [-0.05, 0) is 73.4 Å². The molecule has 1 aliphatic rings. The number of hydrogen-bond acceptors (Lipinski definition) is 1. The van der Waals surface area contributed by atoms with Gasteiger partial charge in [0.05, 0.1) is 0 Å². The average molecular weight is 486 g/mol. The summed E-state index contributed by atoms with van der Waals surface area (Å²) >= 11 is 0. The van der Waals surface area contributed by atoms with Crippen LogP contribution >= 0.6 is 0 Å². The van der Waals surface area contributed by atoms with E-state index in [1.165, 1.54) is 11.6 Å². The third-order valence-electron chi connectivity index (χ3n) is 5.90. The molecule has 0 N–H and O–H groups in total. The fourth-order valence-electron chi connectivity index (χ4n) is 4.04. The molecule has 0 amide bonds. The third-order valence-corrected chi connectivity index (χ3v) is 5.90. The predicted molar refractivity (Wildman–Crippen MR) is 115 cm³/mol. The molecule has 2 aromatic carbocycles. The third kappa shape index (κ3) is 6.68. The molecule has 1 saturated carbocycles. The minimum atomic E-state index is -5.83. The maximum absolute atomic E-state index is 14.3. The number of benzene rings is 2. The summed E-state index contributed by atoms with van der Waals surface area (Å²) in [5.74, 6) is 4.21. The first kappa shape index (κ1) is 25.9. The number of hydrogen-bond donors (Lipinski definition) is 0. The first-order valence-corrected chi connectivity index (χ1v) is 11.2. The molecule has 8 heteroatoms. The highest BCUT2D eigenvalue weighted by molar-refractivity contribution is 5.37. The molecule has 0 bridgehead atoms. The van der Waals surface area contributed by atoms with Gasteiger partial charge in [0, 0.05) is 11.5 Å². The molecule has 0 radical (unpaired) electrons. The highest BCUT2D eigenvalue weighted by atomic mass is 19.4. The summed E-state index contributed by atoms with van der Waals surface area (Å²) in [5.41, 5.74) is 2.74.